The zero-order valence-electron chi connectivity index (χ0n) is 18.1. The van der Waals surface area contributed by atoms with Gasteiger partial charge in [0.2, 0.25) is 0 Å². The molecule has 0 spiro atoms. The molecule has 0 radical (unpaired) electrons. The third kappa shape index (κ3) is 5.93. The molecule has 1 atom stereocenters. The molecule has 0 aliphatic rings. The highest BCUT2D eigenvalue weighted by Gasteiger charge is 2.38. The second-order valence-electron chi connectivity index (χ2n) is 10.1. The molecule has 1 unspecified atom stereocenters. The van der Waals surface area contributed by atoms with Crippen LogP contribution in [-0.2, 0) is 20.0 Å². The van der Waals surface area contributed by atoms with Crippen molar-refractivity contribution in [1.82, 2.24) is 0 Å². The molecule has 0 N–H and O–H groups in total. The average Bonchev–Trinajstić information content (AvgIpc) is 2.42. The van der Waals surface area contributed by atoms with Gasteiger partial charge < -0.3 is 4.43 Å². The maximum atomic E-state index is 13.2. The maximum absolute atomic E-state index is 13.2. The molecule has 0 aliphatic heterocycles. The standard InChI is InChI=1S/C19H36ClNO2SSi2/c1-18(2,3)25(7,8)21-24(20,22)17-13-11-12-16(14-17)15-23-26(9,10)19(4,5)6/h11-14H,15H2,1-10H3. The van der Waals surface area contributed by atoms with Gasteiger partial charge in [-0.15, -0.1) is 0 Å². The molecule has 0 heterocycles. The minimum absolute atomic E-state index is 0.00635. The van der Waals surface area contributed by atoms with E-state index in [4.69, 9.17) is 15.1 Å². The highest BCUT2D eigenvalue weighted by Crippen LogP contribution is 2.39. The van der Waals surface area contributed by atoms with Gasteiger partial charge in [-0.3, -0.25) is 4.03 Å². The van der Waals surface area contributed by atoms with Crippen molar-refractivity contribution < 1.29 is 8.63 Å². The van der Waals surface area contributed by atoms with E-state index in [1.807, 2.05) is 24.3 Å². The third-order valence-electron chi connectivity index (χ3n) is 5.78. The Balaban J connectivity index is 3.16. The smallest absolute Gasteiger partial charge is 0.194 e. The van der Waals surface area contributed by atoms with E-state index in [-0.39, 0.29) is 10.1 Å². The molecular formula is C19H36ClNO2SSi2. The summed E-state index contributed by atoms with van der Waals surface area (Å²) in [6.07, 6.45) is 0. The number of halogens is 1. The van der Waals surface area contributed by atoms with Gasteiger partial charge in [-0.2, -0.15) is 0 Å². The van der Waals surface area contributed by atoms with Crippen LogP contribution in [0, 0.1) is 0 Å². The molecule has 26 heavy (non-hydrogen) atoms. The summed E-state index contributed by atoms with van der Waals surface area (Å²) in [4.78, 5) is 0.584. The summed E-state index contributed by atoms with van der Waals surface area (Å²) in [6.45, 7) is 22.3. The van der Waals surface area contributed by atoms with E-state index in [2.05, 4.69) is 71.8 Å². The lowest BCUT2D eigenvalue weighted by Gasteiger charge is -2.36. The van der Waals surface area contributed by atoms with Crippen LogP contribution in [0.25, 0.3) is 0 Å². The van der Waals surface area contributed by atoms with Gasteiger partial charge in [-0.25, -0.2) is 4.21 Å². The van der Waals surface area contributed by atoms with E-state index < -0.39 is 25.5 Å². The Hall–Kier alpha value is -0.146. The van der Waals surface area contributed by atoms with Crippen LogP contribution in [0.5, 0.6) is 0 Å². The predicted molar refractivity (Wildman–Crippen MR) is 120 cm³/mol. The van der Waals surface area contributed by atoms with E-state index in [1.54, 1.807) is 0 Å². The van der Waals surface area contributed by atoms with E-state index in [0.717, 1.165) is 5.56 Å². The van der Waals surface area contributed by atoms with Crippen LogP contribution in [-0.4, -0.2) is 20.8 Å². The highest BCUT2D eigenvalue weighted by atomic mass is 35.7. The van der Waals surface area contributed by atoms with E-state index >= 15 is 0 Å². The van der Waals surface area contributed by atoms with Crippen molar-refractivity contribution in [3.8, 4) is 0 Å². The monoisotopic (exact) mass is 433 g/mol. The van der Waals surface area contributed by atoms with E-state index in [9.17, 15) is 4.21 Å². The Bertz CT molecular complexity index is 756. The first-order valence-electron chi connectivity index (χ1n) is 9.10. The fraction of sp³-hybridized carbons (Fsp3) is 0.684. The molecule has 1 aromatic carbocycles. The van der Waals surface area contributed by atoms with Crippen LogP contribution in [0.4, 0.5) is 0 Å². The van der Waals surface area contributed by atoms with Crippen LogP contribution in [0.2, 0.25) is 36.3 Å². The van der Waals surface area contributed by atoms with Gasteiger partial charge in [0.15, 0.2) is 25.5 Å². The molecule has 0 saturated heterocycles. The summed E-state index contributed by atoms with van der Waals surface area (Å²) >= 11 is 0. The number of benzene rings is 1. The van der Waals surface area contributed by atoms with Crippen molar-refractivity contribution in [3.63, 3.8) is 0 Å². The molecule has 0 aromatic heterocycles. The molecule has 0 aliphatic carbocycles. The van der Waals surface area contributed by atoms with Crippen molar-refractivity contribution in [2.75, 3.05) is 0 Å². The summed E-state index contributed by atoms with van der Waals surface area (Å²) in [7, 11) is -0.446. The maximum Gasteiger partial charge on any atom is 0.194 e. The number of hydrogen-bond acceptors (Lipinski definition) is 3. The number of rotatable bonds is 5. The zero-order chi connectivity index (χ0) is 20.6. The van der Waals surface area contributed by atoms with Gasteiger partial charge in [0.25, 0.3) is 0 Å². The lowest BCUT2D eigenvalue weighted by Crippen LogP contribution is -2.40. The summed E-state index contributed by atoms with van der Waals surface area (Å²) in [5.74, 6) is 0. The Labute approximate surface area is 167 Å². The van der Waals surface area contributed by atoms with Crippen molar-refractivity contribution in [2.24, 2.45) is 4.03 Å². The average molecular weight is 434 g/mol. The third-order valence-corrected chi connectivity index (χ3v) is 18.7. The Kier molecular flexibility index (Phi) is 7.08. The van der Waals surface area contributed by atoms with E-state index in [1.165, 1.54) is 0 Å². The highest BCUT2D eigenvalue weighted by molar-refractivity contribution is 8.16. The van der Waals surface area contributed by atoms with Crippen LogP contribution in [0.1, 0.15) is 47.1 Å². The Morgan fingerprint density at radius 1 is 1.04 bits per heavy atom. The fourth-order valence-corrected chi connectivity index (χ4v) is 8.96. The van der Waals surface area contributed by atoms with Crippen LogP contribution in [0.3, 0.4) is 0 Å². The summed E-state index contributed by atoms with van der Waals surface area (Å²) in [6, 6.07) is 7.58. The van der Waals surface area contributed by atoms with Gasteiger partial charge in [0.1, 0.15) is 0 Å². The quantitative estimate of drug-likeness (QED) is 0.363. The summed E-state index contributed by atoms with van der Waals surface area (Å²) < 4.78 is 24.1. The largest absolute Gasteiger partial charge is 0.413 e. The number of nitrogens with zero attached hydrogens (tertiary/aromatic N) is 1. The Morgan fingerprint density at radius 2 is 1.58 bits per heavy atom. The first kappa shape index (κ1) is 23.9. The number of hydrogen-bond donors (Lipinski definition) is 0. The first-order chi connectivity index (χ1) is 11.4. The predicted octanol–water partition coefficient (Wildman–Crippen LogP) is 7.19. The van der Waals surface area contributed by atoms with Crippen molar-refractivity contribution in [3.05, 3.63) is 29.8 Å². The van der Waals surface area contributed by atoms with Gasteiger partial charge in [-0.1, -0.05) is 53.7 Å². The topological polar surface area (TPSA) is 38.7 Å². The molecule has 0 fully saturated rings. The van der Waals surface area contributed by atoms with E-state index in [0.29, 0.717) is 11.5 Å². The van der Waals surface area contributed by atoms with Crippen LogP contribution in [0.15, 0.2) is 33.2 Å². The second kappa shape index (κ2) is 7.70. The molecule has 7 heteroatoms. The Morgan fingerprint density at radius 3 is 2.04 bits per heavy atom. The molecule has 150 valence electrons. The van der Waals surface area contributed by atoms with Crippen molar-refractivity contribution in [1.29, 1.82) is 0 Å². The van der Waals surface area contributed by atoms with Gasteiger partial charge in [0.05, 0.1) is 11.5 Å². The van der Waals surface area contributed by atoms with Gasteiger partial charge >= 0.3 is 0 Å². The second-order valence-corrected chi connectivity index (χ2v) is 22.9. The molecule has 0 saturated carbocycles. The SMILES string of the molecule is CC(C)(C)[Si](C)(C)N=S(=O)(Cl)c1cccc(CO[Si](C)(C)C(C)(C)C)c1. The minimum Gasteiger partial charge on any atom is -0.413 e. The van der Waals surface area contributed by atoms with Gasteiger partial charge in [-0.05, 0) is 54.0 Å². The normalized spacial score (nSPS) is 16.3. The van der Waals surface area contributed by atoms with Crippen molar-refractivity contribution in [2.45, 2.75) is 89.3 Å². The van der Waals surface area contributed by atoms with Gasteiger partial charge in [0, 0.05) is 10.7 Å². The molecule has 3 nitrogen and oxygen atoms in total. The zero-order valence-corrected chi connectivity index (χ0v) is 21.6. The van der Waals surface area contributed by atoms with Crippen LogP contribution < -0.4 is 0 Å². The molecule has 1 rings (SSSR count). The lowest BCUT2D eigenvalue weighted by atomic mass is 10.2. The first-order valence-corrected chi connectivity index (χ1v) is 17.3. The minimum atomic E-state index is -2.94. The fourth-order valence-electron chi connectivity index (χ4n) is 1.76. The molecule has 0 amide bonds. The summed E-state index contributed by atoms with van der Waals surface area (Å²) in [5.41, 5.74) is 0.992. The van der Waals surface area contributed by atoms with Crippen molar-refractivity contribution >= 4 is 36.2 Å². The molecular weight excluding hydrogens is 398 g/mol. The van der Waals surface area contributed by atoms with Crippen LogP contribution >= 0.6 is 10.7 Å². The molecule has 0 bridgehead atoms. The lowest BCUT2D eigenvalue weighted by molar-refractivity contribution is 0.276. The molecule has 1 aromatic rings. The summed E-state index contributed by atoms with van der Waals surface area (Å²) in [5, 5.41) is 0.149.